The van der Waals surface area contributed by atoms with Gasteiger partial charge in [-0.05, 0) is 23.9 Å². The molecule has 2 atom stereocenters. The van der Waals surface area contributed by atoms with Crippen molar-refractivity contribution in [3.05, 3.63) is 58.3 Å². The van der Waals surface area contributed by atoms with E-state index in [0.29, 0.717) is 6.54 Å². The highest BCUT2D eigenvalue weighted by atomic mass is 32.1. The number of ether oxygens (including phenoxy) is 1. The predicted octanol–water partition coefficient (Wildman–Crippen LogP) is 2.35. The number of hydrogen-bond acceptors (Lipinski definition) is 4. The first-order chi connectivity index (χ1) is 11.6. The van der Waals surface area contributed by atoms with Gasteiger partial charge in [-0.2, -0.15) is 0 Å². The van der Waals surface area contributed by atoms with Crippen LogP contribution in [0.1, 0.15) is 23.4 Å². The summed E-state index contributed by atoms with van der Waals surface area (Å²) in [6, 6.07) is 12.9. The molecule has 1 N–H and O–H groups in total. The molecule has 6 heteroatoms. The highest BCUT2D eigenvalue weighted by Crippen LogP contribution is 2.20. The smallest absolute Gasteiger partial charge is 0.249 e. The number of nitrogens with one attached hydrogen (secondary N) is 1. The molecule has 1 saturated heterocycles. The Morgan fingerprint density at radius 1 is 1.33 bits per heavy atom. The van der Waals surface area contributed by atoms with E-state index >= 15 is 0 Å². The van der Waals surface area contributed by atoms with E-state index in [4.69, 9.17) is 4.74 Å². The lowest BCUT2D eigenvalue weighted by atomic mass is 10.1. The molecule has 5 nitrogen and oxygen atoms in total. The maximum absolute atomic E-state index is 12.7. The van der Waals surface area contributed by atoms with Crippen LogP contribution in [0.3, 0.4) is 0 Å². The summed E-state index contributed by atoms with van der Waals surface area (Å²) in [5, 5.41) is 4.97. The van der Waals surface area contributed by atoms with Crippen molar-refractivity contribution in [1.29, 1.82) is 0 Å². The SMILES string of the molecule is C[C@H](NC(=O)[C@H]1COCC(=O)N1Cc1ccccc1)c1cccs1. The molecule has 1 aromatic heterocycles. The maximum Gasteiger partial charge on any atom is 0.249 e. The molecule has 1 aliphatic rings. The second-order valence-electron chi connectivity index (χ2n) is 5.78. The minimum atomic E-state index is -0.603. The van der Waals surface area contributed by atoms with Crippen LogP contribution >= 0.6 is 11.3 Å². The van der Waals surface area contributed by atoms with Gasteiger partial charge < -0.3 is 15.0 Å². The van der Waals surface area contributed by atoms with Crippen LogP contribution in [-0.4, -0.2) is 36.0 Å². The summed E-state index contributed by atoms with van der Waals surface area (Å²) in [6.45, 7) is 2.60. The van der Waals surface area contributed by atoms with Gasteiger partial charge in [-0.1, -0.05) is 36.4 Å². The molecule has 126 valence electrons. The molecule has 0 radical (unpaired) electrons. The summed E-state index contributed by atoms with van der Waals surface area (Å²) in [6.07, 6.45) is 0. The molecule has 0 spiro atoms. The van der Waals surface area contributed by atoms with Crippen LogP contribution in [0.25, 0.3) is 0 Å². The van der Waals surface area contributed by atoms with Crippen molar-refractivity contribution >= 4 is 23.2 Å². The largest absolute Gasteiger partial charge is 0.369 e. The number of amides is 2. The zero-order chi connectivity index (χ0) is 16.9. The minimum Gasteiger partial charge on any atom is -0.369 e. The zero-order valence-corrected chi connectivity index (χ0v) is 14.3. The molecule has 2 aromatic rings. The first-order valence-corrected chi connectivity index (χ1v) is 8.78. The summed E-state index contributed by atoms with van der Waals surface area (Å²) in [7, 11) is 0. The van der Waals surface area contributed by atoms with Gasteiger partial charge in [-0.3, -0.25) is 9.59 Å². The van der Waals surface area contributed by atoms with E-state index in [9.17, 15) is 9.59 Å². The van der Waals surface area contributed by atoms with Crippen LogP contribution in [0, 0.1) is 0 Å². The number of hydrogen-bond donors (Lipinski definition) is 1. The van der Waals surface area contributed by atoms with Crippen molar-refractivity contribution in [2.24, 2.45) is 0 Å². The molecule has 0 bridgehead atoms. The normalized spacial score (nSPS) is 19.1. The first kappa shape index (κ1) is 16.7. The molecule has 2 amide bonds. The Morgan fingerprint density at radius 3 is 2.83 bits per heavy atom. The van der Waals surface area contributed by atoms with Crippen molar-refractivity contribution in [3.63, 3.8) is 0 Å². The summed E-state index contributed by atoms with van der Waals surface area (Å²) in [4.78, 5) is 27.6. The number of rotatable bonds is 5. The third kappa shape index (κ3) is 3.83. The van der Waals surface area contributed by atoms with E-state index in [2.05, 4.69) is 5.32 Å². The zero-order valence-electron chi connectivity index (χ0n) is 13.5. The van der Waals surface area contributed by atoms with Crippen LogP contribution < -0.4 is 5.32 Å². The standard InChI is InChI=1S/C18H20N2O3S/c1-13(16-8-5-9-24-16)19-18(22)15-11-23-12-17(21)20(15)10-14-6-3-2-4-7-14/h2-9,13,15H,10-12H2,1H3,(H,19,22)/t13-,15+/m0/s1. The Balaban J connectivity index is 1.71. The lowest BCUT2D eigenvalue weighted by Gasteiger charge is -2.35. The summed E-state index contributed by atoms with van der Waals surface area (Å²) >= 11 is 1.60. The van der Waals surface area contributed by atoms with Gasteiger partial charge in [-0.25, -0.2) is 0 Å². The van der Waals surface area contributed by atoms with E-state index in [1.165, 1.54) is 0 Å². The van der Waals surface area contributed by atoms with E-state index in [1.807, 2.05) is 54.8 Å². The van der Waals surface area contributed by atoms with Crippen molar-refractivity contribution in [3.8, 4) is 0 Å². The monoisotopic (exact) mass is 344 g/mol. The fourth-order valence-electron chi connectivity index (χ4n) is 2.72. The van der Waals surface area contributed by atoms with Gasteiger partial charge in [-0.15, -0.1) is 11.3 Å². The lowest BCUT2D eigenvalue weighted by molar-refractivity contribution is -0.155. The van der Waals surface area contributed by atoms with Crippen LogP contribution in [0.4, 0.5) is 0 Å². The third-order valence-corrected chi connectivity index (χ3v) is 5.08. The third-order valence-electron chi connectivity index (χ3n) is 4.02. The Bertz CT molecular complexity index is 688. The predicted molar refractivity (Wildman–Crippen MR) is 92.5 cm³/mol. The fraction of sp³-hybridized carbons (Fsp3) is 0.333. The lowest BCUT2D eigenvalue weighted by Crippen LogP contribution is -2.56. The second kappa shape index (κ2) is 7.59. The Labute approximate surface area is 145 Å². The fourth-order valence-corrected chi connectivity index (χ4v) is 3.45. The summed E-state index contributed by atoms with van der Waals surface area (Å²) in [5.74, 6) is -0.339. The molecule has 3 rings (SSSR count). The average Bonchev–Trinajstić information content (AvgIpc) is 3.12. The van der Waals surface area contributed by atoms with Crippen LogP contribution in [0.5, 0.6) is 0 Å². The molecule has 1 fully saturated rings. The van der Waals surface area contributed by atoms with E-state index in [1.54, 1.807) is 16.2 Å². The second-order valence-corrected chi connectivity index (χ2v) is 6.76. The van der Waals surface area contributed by atoms with Gasteiger partial charge in [0.2, 0.25) is 11.8 Å². The highest BCUT2D eigenvalue weighted by Gasteiger charge is 2.34. The molecule has 0 unspecified atom stereocenters. The number of morpholine rings is 1. The molecule has 2 heterocycles. The van der Waals surface area contributed by atoms with Gasteiger partial charge in [0.05, 0.1) is 12.6 Å². The van der Waals surface area contributed by atoms with E-state index in [-0.39, 0.29) is 31.1 Å². The van der Waals surface area contributed by atoms with Crippen molar-refractivity contribution in [2.75, 3.05) is 13.2 Å². The van der Waals surface area contributed by atoms with Gasteiger partial charge in [0.15, 0.2) is 0 Å². The van der Waals surface area contributed by atoms with E-state index in [0.717, 1.165) is 10.4 Å². The molecular weight excluding hydrogens is 324 g/mol. The van der Waals surface area contributed by atoms with Gasteiger partial charge >= 0.3 is 0 Å². The van der Waals surface area contributed by atoms with Crippen molar-refractivity contribution in [2.45, 2.75) is 25.6 Å². The molecule has 1 aromatic carbocycles. The highest BCUT2D eigenvalue weighted by molar-refractivity contribution is 7.10. The molecule has 1 aliphatic heterocycles. The van der Waals surface area contributed by atoms with Crippen molar-refractivity contribution < 1.29 is 14.3 Å². The van der Waals surface area contributed by atoms with Crippen LogP contribution in [0.15, 0.2) is 47.8 Å². The summed E-state index contributed by atoms with van der Waals surface area (Å²) in [5.41, 5.74) is 0.997. The Morgan fingerprint density at radius 2 is 2.12 bits per heavy atom. The number of carbonyl (C=O) groups excluding carboxylic acids is 2. The minimum absolute atomic E-state index is 0.0249. The molecular formula is C18H20N2O3S. The Kier molecular flexibility index (Phi) is 5.27. The summed E-state index contributed by atoms with van der Waals surface area (Å²) < 4.78 is 5.31. The molecule has 24 heavy (non-hydrogen) atoms. The Hall–Kier alpha value is -2.18. The van der Waals surface area contributed by atoms with Gasteiger partial charge in [0, 0.05) is 11.4 Å². The quantitative estimate of drug-likeness (QED) is 0.906. The number of benzene rings is 1. The number of carbonyl (C=O) groups is 2. The average molecular weight is 344 g/mol. The van der Waals surface area contributed by atoms with Gasteiger partial charge in [0.1, 0.15) is 12.6 Å². The topological polar surface area (TPSA) is 58.6 Å². The maximum atomic E-state index is 12.7. The molecule has 0 aliphatic carbocycles. The van der Waals surface area contributed by atoms with Gasteiger partial charge in [0.25, 0.3) is 0 Å². The first-order valence-electron chi connectivity index (χ1n) is 7.90. The van der Waals surface area contributed by atoms with Crippen LogP contribution in [0.2, 0.25) is 0 Å². The van der Waals surface area contributed by atoms with Crippen molar-refractivity contribution in [1.82, 2.24) is 10.2 Å². The number of thiophene rings is 1. The number of nitrogens with zero attached hydrogens (tertiary/aromatic N) is 1. The van der Waals surface area contributed by atoms with Crippen LogP contribution in [-0.2, 0) is 20.9 Å². The van der Waals surface area contributed by atoms with E-state index < -0.39 is 6.04 Å². The molecule has 0 saturated carbocycles.